The molecule has 0 radical (unpaired) electrons. The van der Waals surface area contributed by atoms with Crippen LogP contribution in [0.4, 0.5) is 0 Å². The number of halogens is 2. The van der Waals surface area contributed by atoms with Crippen LogP contribution in [-0.2, 0) is 4.79 Å². The number of carbonyl (C=O) groups excluding carboxylic acids is 1. The van der Waals surface area contributed by atoms with Crippen molar-refractivity contribution in [3.05, 3.63) is 40.5 Å². The van der Waals surface area contributed by atoms with Crippen molar-refractivity contribution in [2.24, 2.45) is 5.92 Å². The number of hydrogen-bond donors (Lipinski definition) is 0. The second-order valence-corrected chi connectivity index (χ2v) is 7.11. The van der Waals surface area contributed by atoms with Crippen LogP contribution in [0.1, 0.15) is 19.8 Å². The zero-order chi connectivity index (χ0) is 17.8. The minimum atomic E-state index is 0.233. The molecule has 1 aromatic carbocycles. The smallest absolute Gasteiger partial charge is 0.233 e. The Morgan fingerprint density at radius 1 is 1.28 bits per heavy atom. The molecule has 1 aromatic heterocycles. The van der Waals surface area contributed by atoms with Crippen LogP contribution in [0.2, 0.25) is 10.0 Å². The third-order valence-corrected chi connectivity index (χ3v) is 5.08. The molecule has 0 aliphatic carbocycles. The second kappa shape index (κ2) is 8.21. The normalized spacial score (nSPS) is 16.1. The number of likely N-dealkylation sites (tertiary alicyclic amines) is 1. The van der Waals surface area contributed by atoms with E-state index in [0.717, 1.165) is 38.2 Å². The number of benzene rings is 1. The van der Waals surface area contributed by atoms with Gasteiger partial charge in [-0.05, 0) is 51.1 Å². The van der Waals surface area contributed by atoms with Gasteiger partial charge in [-0.25, -0.2) is 4.68 Å². The van der Waals surface area contributed by atoms with Crippen molar-refractivity contribution < 1.29 is 9.53 Å². The first-order valence-electron chi connectivity index (χ1n) is 8.39. The Kier molecular flexibility index (Phi) is 5.99. The van der Waals surface area contributed by atoms with Gasteiger partial charge in [-0.3, -0.25) is 9.69 Å². The fourth-order valence-electron chi connectivity index (χ4n) is 3.03. The minimum absolute atomic E-state index is 0.233. The summed E-state index contributed by atoms with van der Waals surface area (Å²) in [6.45, 7) is 4.98. The summed E-state index contributed by atoms with van der Waals surface area (Å²) < 4.78 is 7.41. The van der Waals surface area contributed by atoms with Gasteiger partial charge >= 0.3 is 0 Å². The van der Waals surface area contributed by atoms with E-state index in [1.807, 2.05) is 18.3 Å². The fourth-order valence-corrected chi connectivity index (χ4v) is 3.52. The van der Waals surface area contributed by atoms with Gasteiger partial charge in [0.15, 0.2) is 0 Å². The van der Waals surface area contributed by atoms with Crippen molar-refractivity contribution in [3.63, 3.8) is 0 Å². The molecular formula is C18H21Cl2N3O2. The number of ether oxygens (including phenoxy) is 1. The summed E-state index contributed by atoms with van der Waals surface area (Å²) in [4.78, 5) is 13.7. The third kappa shape index (κ3) is 4.75. The molecule has 0 N–H and O–H groups in total. The van der Waals surface area contributed by atoms with Crippen LogP contribution >= 0.6 is 23.2 Å². The highest BCUT2D eigenvalue weighted by molar-refractivity contribution is 6.35. The Morgan fingerprint density at radius 2 is 2.04 bits per heavy atom. The Hall–Kier alpha value is -1.56. The predicted octanol–water partition coefficient (Wildman–Crippen LogP) is 3.86. The monoisotopic (exact) mass is 381 g/mol. The molecule has 5 nitrogen and oxygen atoms in total. The number of aromatic nitrogens is 2. The van der Waals surface area contributed by atoms with Gasteiger partial charge in [0.25, 0.3) is 0 Å². The van der Waals surface area contributed by atoms with Crippen LogP contribution in [0.5, 0.6) is 5.88 Å². The molecule has 0 unspecified atom stereocenters. The van der Waals surface area contributed by atoms with Gasteiger partial charge in [-0.1, -0.05) is 23.2 Å². The highest BCUT2D eigenvalue weighted by atomic mass is 35.5. The SMILES string of the molecule is CC(=O)C1CCN(CCOc2ccn(-c3ccc(Cl)cc3Cl)n2)CC1. The summed E-state index contributed by atoms with van der Waals surface area (Å²) >= 11 is 12.1. The molecule has 25 heavy (non-hydrogen) atoms. The van der Waals surface area contributed by atoms with Crippen LogP contribution in [0, 0.1) is 5.92 Å². The zero-order valence-corrected chi connectivity index (χ0v) is 15.6. The first-order chi connectivity index (χ1) is 12.0. The first kappa shape index (κ1) is 18.2. The van der Waals surface area contributed by atoms with E-state index >= 15 is 0 Å². The highest BCUT2D eigenvalue weighted by Gasteiger charge is 2.22. The second-order valence-electron chi connectivity index (χ2n) is 6.27. The van der Waals surface area contributed by atoms with Crippen molar-refractivity contribution >= 4 is 29.0 Å². The molecular weight excluding hydrogens is 361 g/mol. The minimum Gasteiger partial charge on any atom is -0.475 e. The van der Waals surface area contributed by atoms with Gasteiger partial charge < -0.3 is 4.74 Å². The average molecular weight is 382 g/mol. The first-order valence-corrected chi connectivity index (χ1v) is 9.15. The summed E-state index contributed by atoms with van der Waals surface area (Å²) in [6, 6.07) is 7.09. The molecule has 0 spiro atoms. The molecule has 2 heterocycles. The van der Waals surface area contributed by atoms with Gasteiger partial charge in [0.05, 0.1) is 10.7 Å². The third-order valence-electron chi connectivity index (χ3n) is 4.54. The van der Waals surface area contributed by atoms with E-state index in [1.165, 1.54) is 0 Å². The quantitative estimate of drug-likeness (QED) is 0.761. The Bertz CT molecular complexity index is 740. The number of ketones is 1. The van der Waals surface area contributed by atoms with Crippen molar-refractivity contribution in [2.75, 3.05) is 26.2 Å². The maximum absolute atomic E-state index is 11.4. The van der Waals surface area contributed by atoms with Crippen molar-refractivity contribution in [2.45, 2.75) is 19.8 Å². The van der Waals surface area contributed by atoms with Crippen LogP contribution < -0.4 is 4.74 Å². The van der Waals surface area contributed by atoms with Gasteiger partial charge in [0, 0.05) is 29.7 Å². The summed E-state index contributed by atoms with van der Waals surface area (Å²) in [5.41, 5.74) is 0.757. The summed E-state index contributed by atoms with van der Waals surface area (Å²) in [5.74, 6) is 1.10. The molecule has 3 rings (SSSR count). The lowest BCUT2D eigenvalue weighted by Gasteiger charge is -2.30. The number of carbonyl (C=O) groups is 1. The van der Waals surface area contributed by atoms with E-state index < -0.39 is 0 Å². The number of rotatable bonds is 6. The van der Waals surface area contributed by atoms with E-state index in [1.54, 1.807) is 23.7 Å². The van der Waals surface area contributed by atoms with E-state index in [0.29, 0.717) is 28.3 Å². The van der Waals surface area contributed by atoms with Gasteiger partial charge in [0.1, 0.15) is 12.4 Å². The Morgan fingerprint density at radius 3 is 2.72 bits per heavy atom. The topological polar surface area (TPSA) is 47.4 Å². The highest BCUT2D eigenvalue weighted by Crippen LogP contribution is 2.24. The van der Waals surface area contributed by atoms with E-state index in [4.69, 9.17) is 27.9 Å². The summed E-state index contributed by atoms with van der Waals surface area (Å²) in [5, 5.41) is 5.52. The standard InChI is InChI=1S/C18H21Cl2N3O2/c1-13(24)14-4-7-22(8-5-14)10-11-25-18-6-9-23(21-18)17-3-2-15(19)12-16(17)20/h2-3,6,9,12,14H,4-5,7-8,10-11H2,1H3. The molecule has 7 heteroatoms. The van der Waals surface area contributed by atoms with Crippen LogP contribution in [0.3, 0.4) is 0 Å². The molecule has 0 saturated carbocycles. The van der Waals surface area contributed by atoms with Crippen LogP contribution in [0.15, 0.2) is 30.5 Å². The summed E-state index contributed by atoms with van der Waals surface area (Å²) in [7, 11) is 0. The summed E-state index contributed by atoms with van der Waals surface area (Å²) in [6.07, 6.45) is 3.70. The number of Topliss-reactive ketones (excluding diaryl/α,β-unsaturated/α-hetero) is 1. The van der Waals surface area contributed by atoms with Crippen molar-refractivity contribution in [3.8, 4) is 11.6 Å². The molecule has 1 aliphatic rings. The molecule has 0 amide bonds. The fraction of sp³-hybridized carbons (Fsp3) is 0.444. The molecule has 0 bridgehead atoms. The van der Waals surface area contributed by atoms with Crippen molar-refractivity contribution in [1.29, 1.82) is 0 Å². The molecule has 1 saturated heterocycles. The molecule has 134 valence electrons. The van der Waals surface area contributed by atoms with Gasteiger partial charge in [-0.15, -0.1) is 5.10 Å². The maximum atomic E-state index is 11.4. The van der Waals surface area contributed by atoms with Crippen molar-refractivity contribution in [1.82, 2.24) is 14.7 Å². The largest absolute Gasteiger partial charge is 0.475 e. The maximum Gasteiger partial charge on any atom is 0.233 e. The van der Waals surface area contributed by atoms with E-state index in [-0.39, 0.29) is 5.92 Å². The lowest BCUT2D eigenvalue weighted by atomic mass is 9.93. The lowest BCUT2D eigenvalue weighted by Crippen LogP contribution is -2.38. The van der Waals surface area contributed by atoms with E-state index in [2.05, 4.69) is 10.00 Å². The predicted molar refractivity (Wildman–Crippen MR) is 98.9 cm³/mol. The molecule has 0 atom stereocenters. The van der Waals surface area contributed by atoms with E-state index in [9.17, 15) is 4.79 Å². The Labute approximate surface area is 157 Å². The molecule has 1 fully saturated rings. The van der Waals surface area contributed by atoms with Gasteiger partial charge in [0.2, 0.25) is 5.88 Å². The lowest BCUT2D eigenvalue weighted by molar-refractivity contribution is -0.122. The Balaban J connectivity index is 1.49. The zero-order valence-electron chi connectivity index (χ0n) is 14.1. The van der Waals surface area contributed by atoms with Gasteiger partial charge in [-0.2, -0.15) is 0 Å². The average Bonchev–Trinajstić information content (AvgIpc) is 3.04. The number of piperidine rings is 1. The van der Waals surface area contributed by atoms with Crippen LogP contribution in [0.25, 0.3) is 5.69 Å². The number of hydrogen-bond acceptors (Lipinski definition) is 4. The molecule has 2 aromatic rings. The number of nitrogens with zero attached hydrogens (tertiary/aromatic N) is 3. The van der Waals surface area contributed by atoms with Crippen LogP contribution in [-0.4, -0.2) is 46.7 Å². The molecule has 1 aliphatic heterocycles.